The van der Waals surface area contributed by atoms with Crippen LogP contribution in [0, 0.1) is 0 Å². The molecule has 1 saturated carbocycles. The minimum atomic E-state index is -0.351. The van der Waals surface area contributed by atoms with E-state index in [1.54, 1.807) is 0 Å². The van der Waals surface area contributed by atoms with Crippen molar-refractivity contribution in [2.75, 3.05) is 0 Å². The van der Waals surface area contributed by atoms with E-state index in [1.807, 2.05) is 36.4 Å². The van der Waals surface area contributed by atoms with Crippen LogP contribution in [0.2, 0.25) is 0 Å². The molecule has 1 N–H and O–H groups in total. The molecule has 2 nitrogen and oxygen atoms in total. The fourth-order valence-corrected chi connectivity index (χ4v) is 2.98. The van der Waals surface area contributed by atoms with Gasteiger partial charge in [-0.25, -0.2) is 0 Å². The quantitative estimate of drug-likeness (QED) is 0.844. The number of aliphatic hydroxyl groups is 1. The Morgan fingerprint density at radius 3 is 2.38 bits per heavy atom. The SMILES string of the molecule is OC1CCCCCC1Oc1ccccc1-c1ccccc1. The minimum absolute atomic E-state index is 0.0858. The van der Waals surface area contributed by atoms with Crippen molar-refractivity contribution >= 4 is 0 Å². The molecule has 0 radical (unpaired) electrons. The van der Waals surface area contributed by atoms with Gasteiger partial charge < -0.3 is 9.84 Å². The van der Waals surface area contributed by atoms with Crippen LogP contribution >= 0.6 is 0 Å². The number of benzene rings is 2. The van der Waals surface area contributed by atoms with E-state index in [9.17, 15) is 5.11 Å². The lowest BCUT2D eigenvalue weighted by molar-refractivity contribution is 0.0323. The van der Waals surface area contributed by atoms with E-state index in [1.165, 1.54) is 6.42 Å². The summed E-state index contributed by atoms with van der Waals surface area (Å²) in [5.41, 5.74) is 2.24. The van der Waals surface area contributed by atoms with Gasteiger partial charge in [0.15, 0.2) is 0 Å². The summed E-state index contributed by atoms with van der Waals surface area (Å²) in [6.07, 6.45) is 4.77. The summed E-state index contributed by atoms with van der Waals surface area (Å²) in [5.74, 6) is 0.870. The molecule has 1 aliphatic rings. The van der Waals surface area contributed by atoms with Gasteiger partial charge in [-0.1, -0.05) is 61.4 Å². The Bertz CT molecular complexity index is 565. The van der Waals surface area contributed by atoms with Crippen LogP contribution in [0.25, 0.3) is 11.1 Å². The molecule has 2 unspecified atom stereocenters. The number of hydrogen-bond acceptors (Lipinski definition) is 2. The van der Waals surface area contributed by atoms with Crippen molar-refractivity contribution in [2.24, 2.45) is 0 Å². The van der Waals surface area contributed by atoms with Gasteiger partial charge in [0, 0.05) is 5.56 Å². The highest BCUT2D eigenvalue weighted by Crippen LogP contribution is 2.32. The fraction of sp³-hybridized carbons (Fsp3) is 0.368. The van der Waals surface area contributed by atoms with Gasteiger partial charge in [0.2, 0.25) is 0 Å². The molecular formula is C19H22O2. The number of rotatable bonds is 3. The van der Waals surface area contributed by atoms with Gasteiger partial charge in [-0.05, 0) is 30.9 Å². The van der Waals surface area contributed by atoms with Crippen molar-refractivity contribution in [2.45, 2.75) is 44.3 Å². The number of aliphatic hydroxyl groups excluding tert-OH is 1. The van der Waals surface area contributed by atoms with Crippen LogP contribution in [-0.2, 0) is 0 Å². The summed E-state index contributed by atoms with van der Waals surface area (Å²) in [7, 11) is 0. The molecule has 1 fully saturated rings. The zero-order valence-corrected chi connectivity index (χ0v) is 12.2. The molecule has 0 aliphatic heterocycles. The summed E-state index contributed by atoms with van der Waals surface area (Å²) in [5, 5.41) is 10.2. The zero-order valence-electron chi connectivity index (χ0n) is 12.2. The Labute approximate surface area is 126 Å². The maximum Gasteiger partial charge on any atom is 0.127 e. The third-order valence-corrected chi connectivity index (χ3v) is 4.17. The largest absolute Gasteiger partial charge is 0.487 e. The van der Waals surface area contributed by atoms with E-state index in [-0.39, 0.29) is 12.2 Å². The lowest BCUT2D eigenvalue weighted by atomic mass is 10.0. The average molecular weight is 282 g/mol. The average Bonchev–Trinajstić information content (AvgIpc) is 2.74. The Morgan fingerprint density at radius 1 is 0.810 bits per heavy atom. The van der Waals surface area contributed by atoms with Crippen molar-refractivity contribution in [3.8, 4) is 16.9 Å². The maximum atomic E-state index is 10.2. The molecule has 2 atom stereocenters. The van der Waals surface area contributed by atoms with Crippen LogP contribution in [0.1, 0.15) is 32.1 Å². The number of hydrogen-bond donors (Lipinski definition) is 1. The van der Waals surface area contributed by atoms with Crippen molar-refractivity contribution < 1.29 is 9.84 Å². The van der Waals surface area contributed by atoms with Gasteiger partial charge in [-0.3, -0.25) is 0 Å². The van der Waals surface area contributed by atoms with E-state index < -0.39 is 0 Å². The first-order valence-corrected chi connectivity index (χ1v) is 7.84. The maximum absolute atomic E-state index is 10.2. The molecule has 0 saturated heterocycles. The highest BCUT2D eigenvalue weighted by Gasteiger charge is 2.24. The normalized spacial score (nSPS) is 22.5. The van der Waals surface area contributed by atoms with Crippen LogP contribution in [0.5, 0.6) is 5.75 Å². The molecular weight excluding hydrogens is 260 g/mol. The Balaban J connectivity index is 1.85. The summed E-state index contributed by atoms with van der Waals surface area (Å²) in [6, 6.07) is 18.4. The second kappa shape index (κ2) is 6.77. The van der Waals surface area contributed by atoms with Gasteiger partial charge in [0.25, 0.3) is 0 Å². The van der Waals surface area contributed by atoms with Crippen LogP contribution in [0.3, 0.4) is 0 Å². The molecule has 0 spiro atoms. The van der Waals surface area contributed by atoms with E-state index in [0.717, 1.165) is 42.6 Å². The Morgan fingerprint density at radius 2 is 1.52 bits per heavy atom. The molecule has 0 heterocycles. The summed E-state index contributed by atoms with van der Waals surface area (Å²) < 4.78 is 6.18. The number of ether oxygens (including phenoxy) is 1. The molecule has 110 valence electrons. The topological polar surface area (TPSA) is 29.5 Å². The summed E-state index contributed by atoms with van der Waals surface area (Å²) in [4.78, 5) is 0. The lowest BCUT2D eigenvalue weighted by Gasteiger charge is -2.23. The smallest absolute Gasteiger partial charge is 0.127 e. The monoisotopic (exact) mass is 282 g/mol. The van der Waals surface area contributed by atoms with Crippen LogP contribution in [0.15, 0.2) is 54.6 Å². The fourth-order valence-electron chi connectivity index (χ4n) is 2.98. The summed E-state index contributed by atoms with van der Waals surface area (Å²) >= 11 is 0. The molecule has 21 heavy (non-hydrogen) atoms. The third-order valence-electron chi connectivity index (χ3n) is 4.17. The van der Waals surface area contributed by atoms with Crippen molar-refractivity contribution in [3.05, 3.63) is 54.6 Å². The highest BCUT2D eigenvalue weighted by molar-refractivity contribution is 5.70. The summed E-state index contributed by atoms with van der Waals surface area (Å²) in [6.45, 7) is 0. The van der Waals surface area contributed by atoms with E-state index in [2.05, 4.69) is 18.2 Å². The first-order valence-electron chi connectivity index (χ1n) is 7.84. The van der Waals surface area contributed by atoms with Gasteiger partial charge in [0.05, 0.1) is 6.10 Å². The molecule has 2 heteroatoms. The van der Waals surface area contributed by atoms with Gasteiger partial charge in [-0.2, -0.15) is 0 Å². The van der Waals surface area contributed by atoms with Crippen LogP contribution in [-0.4, -0.2) is 17.3 Å². The molecule has 3 rings (SSSR count). The Kier molecular flexibility index (Phi) is 4.56. The standard InChI is InChI=1S/C19H22O2/c20-17-12-5-2-6-14-19(17)21-18-13-8-7-11-16(18)15-9-3-1-4-10-15/h1,3-4,7-11,13,17,19-20H,2,5-6,12,14H2. The molecule has 2 aromatic carbocycles. The molecule has 2 aromatic rings. The van der Waals surface area contributed by atoms with Crippen LogP contribution in [0.4, 0.5) is 0 Å². The van der Waals surface area contributed by atoms with Gasteiger partial charge in [0.1, 0.15) is 11.9 Å². The van der Waals surface area contributed by atoms with E-state index >= 15 is 0 Å². The molecule has 0 bridgehead atoms. The second-order valence-electron chi connectivity index (χ2n) is 5.72. The van der Waals surface area contributed by atoms with Gasteiger partial charge >= 0.3 is 0 Å². The predicted molar refractivity (Wildman–Crippen MR) is 85.4 cm³/mol. The molecule has 1 aliphatic carbocycles. The second-order valence-corrected chi connectivity index (χ2v) is 5.72. The van der Waals surface area contributed by atoms with Crippen LogP contribution < -0.4 is 4.74 Å². The highest BCUT2D eigenvalue weighted by atomic mass is 16.5. The van der Waals surface area contributed by atoms with Crippen molar-refractivity contribution in [1.82, 2.24) is 0 Å². The Hall–Kier alpha value is -1.80. The third kappa shape index (κ3) is 3.45. The van der Waals surface area contributed by atoms with Gasteiger partial charge in [-0.15, -0.1) is 0 Å². The first-order chi connectivity index (χ1) is 10.3. The molecule has 0 amide bonds. The van der Waals surface area contributed by atoms with Crippen molar-refractivity contribution in [3.63, 3.8) is 0 Å². The van der Waals surface area contributed by atoms with Crippen molar-refractivity contribution in [1.29, 1.82) is 0 Å². The molecule has 0 aromatic heterocycles. The zero-order chi connectivity index (χ0) is 14.5. The predicted octanol–water partition coefficient (Wildman–Crippen LogP) is 4.43. The van der Waals surface area contributed by atoms with E-state index in [4.69, 9.17) is 4.74 Å². The number of para-hydroxylation sites is 1. The minimum Gasteiger partial charge on any atom is -0.487 e. The van der Waals surface area contributed by atoms with E-state index in [0.29, 0.717) is 0 Å². The lowest BCUT2D eigenvalue weighted by Crippen LogP contribution is -2.30. The first kappa shape index (κ1) is 14.2.